The standard InChI is InChI=1S/C15H23NO.C2H6/c1-4-5-6-7-15(17)16-14-10-8-13(9-11-14)12(2)3;1-2/h8-12H,4-7H2,1-3H3,(H,16,17);1-2H3. The highest BCUT2D eigenvalue weighted by atomic mass is 16.1. The second-order valence-electron chi connectivity index (χ2n) is 4.78. The number of rotatable bonds is 6. The maximum atomic E-state index is 11.6. The zero-order valence-corrected chi connectivity index (χ0v) is 13.1. The average Bonchev–Trinajstić information content (AvgIpc) is 2.42. The van der Waals surface area contributed by atoms with Gasteiger partial charge in [-0.3, -0.25) is 4.79 Å². The summed E-state index contributed by atoms with van der Waals surface area (Å²) in [5, 5.41) is 2.93. The van der Waals surface area contributed by atoms with E-state index >= 15 is 0 Å². The van der Waals surface area contributed by atoms with Crippen LogP contribution in [0, 0.1) is 0 Å². The molecule has 0 aliphatic heterocycles. The van der Waals surface area contributed by atoms with Crippen LogP contribution < -0.4 is 5.32 Å². The number of benzene rings is 1. The van der Waals surface area contributed by atoms with E-state index < -0.39 is 0 Å². The van der Waals surface area contributed by atoms with Crippen LogP contribution in [0.2, 0.25) is 0 Å². The van der Waals surface area contributed by atoms with Crippen LogP contribution in [0.1, 0.15) is 71.8 Å². The molecule has 1 N–H and O–H groups in total. The van der Waals surface area contributed by atoms with Gasteiger partial charge in [-0.2, -0.15) is 0 Å². The van der Waals surface area contributed by atoms with E-state index in [2.05, 4.69) is 38.2 Å². The average molecular weight is 263 g/mol. The molecule has 2 nitrogen and oxygen atoms in total. The fourth-order valence-corrected chi connectivity index (χ4v) is 1.71. The Kier molecular flexibility index (Phi) is 9.87. The largest absolute Gasteiger partial charge is 0.326 e. The molecule has 108 valence electrons. The lowest BCUT2D eigenvalue weighted by atomic mass is 10.0. The van der Waals surface area contributed by atoms with Crippen LogP contribution in [-0.2, 0) is 4.79 Å². The van der Waals surface area contributed by atoms with Crippen LogP contribution in [0.4, 0.5) is 5.69 Å². The first-order valence-electron chi connectivity index (χ1n) is 7.53. The minimum Gasteiger partial charge on any atom is -0.326 e. The van der Waals surface area contributed by atoms with Crippen molar-refractivity contribution in [1.82, 2.24) is 0 Å². The summed E-state index contributed by atoms with van der Waals surface area (Å²) in [4.78, 5) is 11.6. The van der Waals surface area contributed by atoms with Crippen molar-refractivity contribution in [1.29, 1.82) is 0 Å². The van der Waals surface area contributed by atoms with E-state index in [4.69, 9.17) is 0 Å². The number of carbonyl (C=O) groups excluding carboxylic acids is 1. The Labute approximate surface area is 118 Å². The smallest absolute Gasteiger partial charge is 0.224 e. The lowest BCUT2D eigenvalue weighted by Crippen LogP contribution is -2.10. The zero-order chi connectivity index (χ0) is 14.7. The van der Waals surface area contributed by atoms with Gasteiger partial charge in [0.15, 0.2) is 0 Å². The molecule has 1 aromatic rings. The third-order valence-electron chi connectivity index (χ3n) is 2.87. The van der Waals surface area contributed by atoms with Crippen LogP contribution in [0.5, 0.6) is 0 Å². The number of unbranched alkanes of at least 4 members (excludes halogenated alkanes) is 2. The Bertz CT molecular complexity index is 341. The minimum absolute atomic E-state index is 0.121. The summed E-state index contributed by atoms with van der Waals surface area (Å²) in [6.45, 7) is 10.5. The topological polar surface area (TPSA) is 29.1 Å². The van der Waals surface area contributed by atoms with Gasteiger partial charge in [0.05, 0.1) is 0 Å². The van der Waals surface area contributed by atoms with Crippen molar-refractivity contribution >= 4 is 11.6 Å². The minimum atomic E-state index is 0.121. The van der Waals surface area contributed by atoms with Crippen molar-refractivity contribution in [3.05, 3.63) is 29.8 Å². The molecule has 0 radical (unpaired) electrons. The SMILES string of the molecule is CC.CCCCCC(=O)Nc1ccc(C(C)C)cc1. The second-order valence-corrected chi connectivity index (χ2v) is 4.78. The van der Waals surface area contributed by atoms with Crippen LogP contribution in [-0.4, -0.2) is 5.91 Å². The maximum absolute atomic E-state index is 11.6. The van der Waals surface area contributed by atoms with Crippen LogP contribution in [0.15, 0.2) is 24.3 Å². The molecule has 0 heterocycles. The Morgan fingerprint density at radius 2 is 1.68 bits per heavy atom. The first-order valence-corrected chi connectivity index (χ1v) is 7.53. The first kappa shape index (κ1) is 17.7. The molecule has 0 atom stereocenters. The van der Waals surface area contributed by atoms with Gasteiger partial charge in [0.2, 0.25) is 5.91 Å². The van der Waals surface area contributed by atoms with Gasteiger partial charge in [0, 0.05) is 12.1 Å². The van der Waals surface area contributed by atoms with Gasteiger partial charge in [0.25, 0.3) is 0 Å². The highest BCUT2D eigenvalue weighted by Gasteiger charge is 2.03. The van der Waals surface area contributed by atoms with Crippen molar-refractivity contribution in [3.8, 4) is 0 Å². The van der Waals surface area contributed by atoms with Gasteiger partial charge < -0.3 is 5.32 Å². The van der Waals surface area contributed by atoms with Gasteiger partial charge in [-0.05, 0) is 30.0 Å². The molecule has 0 saturated carbocycles. The fraction of sp³-hybridized carbons (Fsp3) is 0.588. The van der Waals surface area contributed by atoms with E-state index in [1.165, 1.54) is 5.56 Å². The van der Waals surface area contributed by atoms with Gasteiger partial charge in [-0.15, -0.1) is 0 Å². The molecule has 1 amide bonds. The molecule has 0 bridgehead atoms. The Balaban J connectivity index is 0.00000154. The van der Waals surface area contributed by atoms with E-state index in [-0.39, 0.29) is 5.91 Å². The molecule has 0 unspecified atom stereocenters. The number of anilines is 1. The van der Waals surface area contributed by atoms with Crippen LogP contribution in [0.3, 0.4) is 0 Å². The number of hydrogen-bond donors (Lipinski definition) is 1. The third kappa shape index (κ3) is 7.66. The zero-order valence-electron chi connectivity index (χ0n) is 13.1. The van der Waals surface area contributed by atoms with Gasteiger partial charge in [-0.25, -0.2) is 0 Å². The normalized spacial score (nSPS) is 9.79. The number of hydrogen-bond acceptors (Lipinski definition) is 1. The molecule has 0 fully saturated rings. The third-order valence-corrected chi connectivity index (χ3v) is 2.87. The van der Waals surface area contributed by atoms with Crippen molar-refractivity contribution < 1.29 is 4.79 Å². The van der Waals surface area contributed by atoms with Crippen molar-refractivity contribution in [3.63, 3.8) is 0 Å². The van der Waals surface area contributed by atoms with Crippen LogP contribution >= 0.6 is 0 Å². The predicted molar refractivity (Wildman–Crippen MR) is 84.7 cm³/mol. The van der Waals surface area contributed by atoms with Crippen molar-refractivity contribution in [2.45, 2.75) is 66.2 Å². The number of amides is 1. The second kappa shape index (κ2) is 10.6. The highest BCUT2D eigenvalue weighted by molar-refractivity contribution is 5.90. The Hall–Kier alpha value is -1.31. The fourth-order valence-electron chi connectivity index (χ4n) is 1.71. The number of carbonyl (C=O) groups is 1. The lowest BCUT2D eigenvalue weighted by Gasteiger charge is -2.08. The quantitative estimate of drug-likeness (QED) is 0.688. The van der Waals surface area contributed by atoms with E-state index in [9.17, 15) is 4.79 Å². The monoisotopic (exact) mass is 263 g/mol. The summed E-state index contributed by atoms with van der Waals surface area (Å²) in [6.07, 6.45) is 3.88. The molecule has 0 aromatic heterocycles. The molecule has 0 saturated heterocycles. The van der Waals surface area contributed by atoms with Gasteiger partial charge >= 0.3 is 0 Å². The summed E-state index contributed by atoms with van der Waals surface area (Å²) in [5.41, 5.74) is 2.20. The van der Waals surface area contributed by atoms with E-state index in [1.54, 1.807) is 0 Å². The maximum Gasteiger partial charge on any atom is 0.224 e. The molecule has 1 aromatic carbocycles. The summed E-state index contributed by atoms with van der Waals surface area (Å²) >= 11 is 0. The lowest BCUT2D eigenvalue weighted by molar-refractivity contribution is -0.116. The number of nitrogens with one attached hydrogen (secondary N) is 1. The summed E-state index contributed by atoms with van der Waals surface area (Å²) in [7, 11) is 0. The van der Waals surface area contributed by atoms with Gasteiger partial charge in [-0.1, -0.05) is 59.6 Å². The van der Waals surface area contributed by atoms with Crippen molar-refractivity contribution in [2.24, 2.45) is 0 Å². The van der Waals surface area contributed by atoms with Gasteiger partial charge in [0.1, 0.15) is 0 Å². The molecular weight excluding hydrogens is 234 g/mol. The summed E-state index contributed by atoms with van der Waals surface area (Å²) in [6, 6.07) is 8.11. The Morgan fingerprint density at radius 3 is 2.16 bits per heavy atom. The highest BCUT2D eigenvalue weighted by Crippen LogP contribution is 2.17. The molecule has 1 rings (SSSR count). The summed E-state index contributed by atoms with van der Waals surface area (Å²) in [5.74, 6) is 0.653. The molecule has 2 heteroatoms. The molecule has 0 aliphatic carbocycles. The Morgan fingerprint density at radius 1 is 1.11 bits per heavy atom. The molecule has 0 spiro atoms. The molecular formula is C17H29NO. The predicted octanol–water partition coefficient (Wildman–Crippen LogP) is 5.36. The molecule has 19 heavy (non-hydrogen) atoms. The van der Waals surface area contributed by atoms with E-state index in [0.717, 1.165) is 24.9 Å². The molecule has 0 aliphatic rings. The van der Waals surface area contributed by atoms with E-state index in [1.807, 2.05) is 26.0 Å². The van der Waals surface area contributed by atoms with Crippen LogP contribution in [0.25, 0.3) is 0 Å². The van der Waals surface area contributed by atoms with E-state index in [0.29, 0.717) is 12.3 Å². The van der Waals surface area contributed by atoms with Crippen molar-refractivity contribution in [2.75, 3.05) is 5.32 Å². The summed E-state index contributed by atoms with van der Waals surface area (Å²) < 4.78 is 0. The first-order chi connectivity index (χ1) is 9.13.